The van der Waals surface area contributed by atoms with Gasteiger partial charge in [0.2, 0.25) is 4.80 Å². The number of H-pyrrole nitrogens is 1. The number of halogens is 2. The van der Waals surface area contributed by atoms with Gasteiger partial charge < -0.3 is 4.98 Å². The smallest absolute Gasteiger partial charge is 0.211 e. The van der Waals surface area contributed by atoms with Crippen molar-refractivity contribution < 1.29 is 0 Å². The van der Waals surface area contributed by atoms with E-state index >= 15 is 0 Å². The molecule has 0 saturated heterocycles. The van der Waals surface area contributed by atoms with Crippen LogP contribution in [0.25, 0.3) is 22.2 Å². The zero-order valence-corrected chi connectivity index (χ0v) is 21.2. The lowest BCUT2D eigenvalue weighted by molar-refractivity contribution is 0.854. The van der Waals surface area contributed by atoms with E-state index in [0.717, 1.165) is 42.7 Å². The highest BCUT2D eigenvalue weighted by Gasteiger charge is 2.10. The fourth-order valence-electron chi connectivity index (χ4n) is 3.56. The van der Waals surface area contributed by atoms with Crippen molar-refractivity contribution in [1.29, 1.82) is 0 Å². The quantitative estimate of drug-likeness (QED) is 0.228. The van der Waals surface area contributed by atoms with Crippen molar-refractivity contribution in [1.82, 2.24) is 9.66 Å². The van der Waals surface area contributed by atoms with Crippen LogP contribution in [0.4, 0.5) is 5.69 Å². The molecule has 5 rings (SSSR count). The van der Waals surface area contributed by atoms with Crippen molar-refractivity contribution in [3.63, 3.8) is 0 Å². The lowest BCUT2D eigenvalue weighted by Gasteiger charge is -2.06. The summed E-state index contributed by atoms with van der Waals surface area (Å²) in [7, 11) is 0. The van der Waals surface area contributed by atoms with Crippen LogP contribution in [0.2, 0.25) is 5.02 Å². The van der Waals surface area contributed by atoms with Crippen LogP contribution in [0.5, 0.6) is 0 Å². The Morgan fingerprint density at radius 2 is 1.82 bits per heavy atom. The van der Waals surface area contributed by atoms with E-state index in [-0.39, 0.29) is 0 Å². The molecule has 7 heteroatoms. The Hall–Kier alpha value is -2.93. The zero-order chi connectivity index (χ0) is 22.9. The molecule has 2 heterocycles. The molecule has 0 saturated carbocycles. The SMILES string of the molecule is Cc1ccc(-c2csc(=Nc3ccc(Cl)cc3)n2/N=C\c2c[nH]c3ccc(Br)cc23)cc1C. The van der Waals surface area contributed by atoms with E-state index in [4.69, 9.17) is 21.7 Å². The number of aromatic amines is 1. The van der Waals surface area contributed by atoms with Crippen LogP contribution in [0.3, 0.4) is 0 Å². The van der Waals surface area contributed by atoms with E-state index in [9.17, 15) is 0 Å². The number of thiazole rings is 1. The first kappa shape index (κ1) is 21.9. The van der Waals surface area contributed by atoms with E-state index in [1.807, 2.05) is 47.4 Å². The molecule has 1 N–H and O–H groups in total. The Morgan fingerprint density at radius 1 is 1.00 bits per heavy atom. The van der Waals surface area contributed by atoms with Crippen molar-refractivity contribution in [3.05, 3.63) is 103 Å². The molecule has 0 aliphatic rings. The number of rotatable bonds is 4. The minimum atomic E-state index is 0.687. The van der Waals surface area contributed by atoms with Gasteiger partial charge in [0.15, 0.2) is 0 Å². The summed E-state index contributed by atoms with van der Waals surface area (Å²) >= 11 is 11.2. The molecular formula is C26H20BrClN4S. The van der Waals surface area contributed by atoms with Gasteiger partial charge in [-0.2, -0.15) is 5.10 Å². The summed E-state index contributed by atoms with van der Waals surface area (Å²) < 4.78 is 2.93. The average Bonchev–Trinajstić information content (AvgIpc) is 3.39. The van der Waals surface area contributed by atoms with Crippen LogP contribution in [-0.2, 0) is 0 Å². The highest BCUT2D eigenvalue weighted by molar-refractivity contribution is 9.10. The van der Waals surface area contributed by atoms with Crippen LogP contribution in [0.1, 0.15) is 16.7 Å². The zero-order valence-electron chi connectivity index (χ0n) is 18.0. The Bertz CT molecular complexity index is 1560. The number of benzene rings is 3. The number of hydrogen-bond acceptors (Lipinski definition) is 3. The molecule has 0 aliphatic carbocycles. The van der Waals surface area contributed by atoms with Crippen LogP contribution in [0.15, 0.2) is 86.8 Å². The summed E-state index contributed by atoms with van der Waals surface area (Å²) in [5, 5.41) is 8.77. The van der Waals surface area contributed by atoms with E-state index in [1.54, 1.807) is 11.3 Å². The third-order valence-corrected chi connectivity index (χ3v) is 7.09. The van der Waals surface area contributed by atoms with Gasteiger partial charge in [-0.1, -0.05) is 39.7 Å². The van der Waals surface area contributed by atoms with Gasteiger partial charge >= 0.3 is 0 Å². The van der Waals surface area contributed by atoms with Crippen LogP contribution < -0.4 is 4.80 Å². The van der Waals surface area contributed by atoms with E-state index in [2.05, 4.69) is 70.5 Å². The molecule has 0 amide bonds. The monoisotopic (exact) mass is 534 g/mol. The molecular weight excluding hydrogens is 516 g/mol. The third-order valence-electron chi connectivity index (χ3n) is 5.53. The Balaban J connectivity index is 1.66. The Labute approximate surface area is 209 Å². The normalized spacial score (nSPS) is 12.3. The highest BCUT2D eigenvalue weighted by Crippen LogP contribution is 2.25. The molecule has 5 aromatic rings. The molecule has 0 radical (unpaired) electrons. The number of nitrogens with one attached hydrogen (secondary N) is 1. The summed E-state index contributed by atoms with van der Waals surface area (Å²) in [6.45, 7) is 4.25. The maximum atomic E-state index is 6.05. The van der Waals surface area contributed by atoms with Gasteiger partial charge in [-0.25, -0.2) is 9.67 Å². The number of nitrogens with zero attached hydrogens (tertiary/aromatic N) is 3. The maximum Gasteiger partial charge on any atom is 0.211 e. The first-order valence-corrected chi connectivity index (χ1v) is 12.4. The standard InChI is InChI=1S/C26H20BrClN4S/c1-16-3-4-18(11-17(16)2)25-15-33-26(31-22-8-6-21(28)7-9-22)32(25)30-14-19-13-29-24-10-5-20(27)12-23(19)24/h3-15,29H,1-2H3/b30-14-,31-26?. The predicted molar refractivity (Wildman–Crippen MR) is 143 cm³/mol. The average molecular weight is 536 g/mol. The molecule has 0 aliphatic heterocycles. The van der Waals surface area contributed by atoms with Crippen LogP contribution >= 0.6 is 38.9 Å². The molecule has 0 fully saturated rings. The van der Waals surface area contributed by atoms with Crippen molar-refractivity contribution in [3.8, 4) is 11.3 Å². The summed E-state index contributed by atoms with van der Waals surface area (Å²) in [4.78, 5) is 8.93. The summed E-state index contributed by atoms with van der Waals surface area (Å²) in [6, 6.07) is 20.1. The lowest BCUT2D eigenvalue weighted by Crippen LogP contribution is -2.11. The van der Waals surface area contributed by atoms with Gasteiger partial charge in [0, 0.05) is 43.1 Å². The topological polar surface area (TPSA) is 45.4 Å². The van der Waals surface area contributed by atoms with E-state index in [0.29, 0.717) is 5.02 Å². The Morgan fingerprint density at radius 3 is 2.61 bits per heavy atom. The highest BCUT2D eigenvalue weighted by atomic mass is 79.9. The van der Waals surface area contributed by atoms with Gasteiger partial charge in [-0.15, -0.1) is 11.3 Å². The van der Waals surface area contributed by atoms with Gasteiger partial charge in [0.1, 0.15) is 0 Å². The molecule has 0 unspecified atom stereocenters. The van der Waals surface area contributed by atoms with Crippen molar-refractivity contribution in [2.24, 2.45) is 10.1 Å². The minimum Gasteiger partial charge on any atom is -0.361 e. The number of aryl methyl sites for hydroxylation is 2. The Kier molecular flexibility index (Phi) is 6.06. The van der Waals surface area contributed by atoms with Crippen LogP contribution in [-0.4, -0.2) is 15.9 Å². The van der Waals surface area contributed by atoms with E-state index in [1.165, 1.54) is 11.1 Å². The summed E-state index contributed by atoms with van der Waals surface area (Å²) in [5.74, 6) is 0. The van der Waals surface area contributed by atoms with Gasteiger partial charge in [-0.3, -0.25) is 0 Å². The van der Waals surface area contributed by atoms with Gasteiger partial charge in [0.25, 0.3) is 0 Å². The maximum absolute atomic E-state index is 6.05. The predicted octanol–water partition coefficient (Wildman–Crippen LogP) is 7.85. The van der Waals surface area contributed by atoms with Crippen molar-refractivity contribution >= 4 is 61.7 Å². The third kappa shape index (κ3) is 4.60. The summed E-state index contributed by atoms with van der Waals surface area (Å²) in [6.07, 6.45) is 3.85. The molecule has 3 aromatic carbocycles. The molecule has 33 heavy (non-hydrogen) atoms. The van der Waals surface area contributed by atoms with Crippen molar-refractivity contribution in [2.75, 3.05) is 0 Å². The summed E-state index contributed by atoms with van der Waals surface area (Å²) in [5.41, 5.74) is 7.50. The van der Waals surface area contributed by atoms with Crippen LogP contribution in [0, 0.1) is 13.8 Å². The first-order chi connectivity index (χ1) is 16.0. The molecule has 0 atom stereocenters. The second kappa shape index (κ2) is 9.14. The molecule has 2 aromatic heterocycles. The van der Waals surface area contributed by atoms with E-state index < -0.39 is 0 Å². The number of fused-ring (bicyclic) bond motifs is 1. The van der Waals surface area contributed by atoms with Crippen molar-refractivity contribution in [2.45, 2.75) is 13.8 Å². The molecule has 4 nitrogen and oxygen atoms in total. The number of hydrogen-bond donors (Lipinski definition) is 1. The fraction of sp³-hybridized carbons (Fsp3) is 0.0769. The largest absolute Gasteiger partial charge is 0.361 e. The fourth-order valence-corrected chi connectivity index (χ4v) is 4.90. The molecule has 164 valence electrons. The lowest BCUT2D eigenvalue weighted by atomic mass is 10.1. The first-order valence-electron chi connectivity index (χ1n) is 10.4. The molecule has 0 bridgehead atoms. The second-order valence-corrected chi connectivity index (χ2v) is 9.97. The number of aromatic nitrogens is 2. The van der Waals surface area contributed by atoms with Gasteiger partial charge in [0.05, 0.1) is 17.6 Å². The van der Waals surface area contributed by atoms with Gasteiger partial charge in [-0.05, 0) is 73.5 Å². The molecule has 0 spiro atoms. The minimum absolute atomic E-state index is 0.687. The second-order valence-electron chi connectivity index (χ2n) is 7.78.